The first kappa shape index (κ1) is 11.2. The molecule has 0 fully saturated rings. The van der Waals surface area contributed by atoms with E-state index in [-0.39, 0.29) is 12.2 Å². The van der Waals surface area contributed by atoms with Crippen LogP contribution in [-0.4, -0.2) is 18.5 Å². The van der Waals surface area contributed by atoms with Gasteiger partial charge in [0, 0.05) is 0 Å². The highest BCUT2D eigenvalue weighted by atomic mass is 16.5. The van der Waals surface area contributed by atoms with Crippen molar-refractivity contribution in [3.8, 4) is 0 Å². The molecule has 2 unspecified atom stereocenters. The topological polar surface area (TPSA) is 26.3 Å². The van der Waals surface area contributed by atoms with Gasteiger partial charge < -0.3 is 9.53 Å². The molecule has 0 aromatic heterocycles. The maximum absolute atomic E-state index is 10.6. The summed E-state index contributed by atoms with van der Waals surface area (Å²) in [6.45, 7) is 3.97. The van der Waals surface area contributed by atoms with Crippen molar-refractivity contribution in [1.82, 2.24) is 0 Å². The highest BCUT2D eigenvalue weighted by Gasteiger charge is 2.14. The Morgan fingerprint density at radius 1 is 1.64 bits per heavy atom. The van der Waals surface area contributed by atoms with Gasteiger partial charge in [-0.25, -0.2) is 0 Å². The SMILES string of the molecule is CCC(C=O)OC(C)C1=CC=CCC1. The molecule has 2 atom stereocenters. The molecule has 1 aliphatic rings. The van der Waals surface area contributed by atoms with Gasteiger partial charge in [-0.05, 0) is 31.8 Å². The molecular weight excluding hydrogens is 176 g/mol. The van der Waals surface area contributed by atoms with Crippen molar-refractivity contribution in [3.05, 3.63) is 23.8 Å². The summed E-state index contributed by atoms with van der Waals surface area (Å²) in [5, 5.41) is 0. The van der Waals surface area contributed by atoms with Crippen LogP contribution in [0, 0.1) is 0 Å². The Balaban J connectivity index is 2.47. The number of ether oxygens (including phenoxy) is 1. The normalized spacial score (nSPS) is 20.0. The molecule has 1 aliphatic carbocycles. The van der Waals surface area contributed by atoms with Gasteiger partial charge in [0.25, 0.3) is 0 Å². The van der Waals surface area contributed by atoms with E-state index in [0.29, 0.717) is 0 Å². The predicted octanol–water partition coefficient (Wildman–Crippen LogP) is 2.65. The van der Waals surface area contributed by atoms with E-state index >= 15 is 0 Å². The quantitative estimate of drug-likeness (QED) is 0.629. The molecule has 0 spiro atoms. The van der Waals surface area contributed by atoms with Gasteiger partial charge in [0.2, 0.25) is 0 Å². The number of hydrogen-bond acceptors (Lipinski definition) is 2. The zero-order chi connectivity index (χ0) is 10.4. The van der Waals surface area contributed by atoms with Crippen LogP contribution in [0.15, 0.2) is 23.8 Å². The molecule has 0 bridgehead atoms. The van der Waals surface area contributed by atoms with Crippen molar-refractivity contribution in [3.63, 3.8) is 0 Å². The molecule has 0 saturated heterocycles. The molecule has 2 nitrogen and oxygen atoms in total. The van der Waals surface area contributed by atoms with Gasteiger partial charge in [-0.1, -0.05) is 25.2 Å². The molecular formula is C12H18O2. The molecule has 1 rings (SSSR count). The summed E-state index contributed by atoms with van der Waals surface area (Å²) in [6.07, 6.45) is 9.86. The molecule has 14 heavy (non-hydrogen) atoms. The first-order chi connectivity index (χ1) is 6.77. The van der Waals surface area contributed by atoms with Crippen molar-refractivity contribution in [2.75, 3.05) is 0 Å². The van der Waals surface area contributed by atoms with E-state index in [1.54, 1.807) is 0 Å². The van der Waals surface area contributed by atoms with Crippen LogP contribution in [0.25, 0.3) is 0 Å². The molecule has 0 saturated carbocycles. The molecule has 0 N–H and O–H groups in total. The lowest BCUT2D eigenvalue weighted by molar-refractivity contribution is -0.120. The van der Waals surface area contributed by atoms with Crippen molar-refractivity contribution >= 4 is 6.29 Å². The predicted molar refractivity (Wildman–Crippen MR) is 57.1 cm³/mol. The van der Waals surface area contributed by atoms with Gasteiger partial charge in [-0.15, -0.1) is 0 Å². The molecule has 2 heteroatoms. The second-order valence-electron chi connectivity index (χ2n) is 3.57. The number of rotatable bonds is 5. The maximum atomic E-state index is 10.6. The Morgan fingerprint density at radius 3 is 2.93 bits per heavy atom. The Kier molecular flexibility index (Phi) is 4.60. The fourth-order valence-corrected chi connectivity index (χ4v) is 1.53. The average molecular weight is 194 g/mol. The summed E-state index contributed by atoms with van der Waals surface area (Å²) in [5.74, 6) is 0. The van der Waals surface area contributed by atoms with Crippen LogP contribution in [0.2, 0.25) is 0 Å². The summed E-state index contributed by atoms with van der Waals surface area (Å²) < 4.78 is 5.62. The van der Waals surface area contributed by atoms with Gasteiger partial charge >= 0.3 is 0 Å². The number of allylic oxidation sites excluding steroid dienone is 3. The fraction of sp³-hybridized carbons (Fsp3) is 0.583. The second kappa shape index (κ2) is 5.76. The van der Waals surface area contributed by atoms with Crippen molar-refractivity contribution in [2.45, 2.75) is 45.3 Å². The number of carbonyl (C=O) groups excluding carboxylic acids is 1. The number of carbonyl (C=O) groups is 1. The van der Waals surface area contributed by atoms with Crippen LogP contribution in [0.3, 0.4) is 0 Å². The van der Waals surface area contributed by atoms with E-state index in [0.717, 1.165) is 25.5 Å². The van der Waals surface area contributed by atoms with Crippen molar-refractivity contribution in [2.24, 2.45) is 0 Å². The van der Waals surface area contributed by atoms with Gasteiger partial charge in [0.1, 0.15) is 12.4 Å². The van der Waals surface area contributed by atoms with E-state index in [1.165, 1.54) is 5.57 Å². The van der Waals surface area contributed by atoms with Gasteiger partial charge in [-0.2, -0.15) is 0 Å². The first-order valence-corrected chi connectivity index (χ1v) is 5.24. The Labute approximate surface area is 85.6 Å². The summed E-state index contributed by atoms with van der Waals surface area (Å²) in [7, 11) is 0. The van der Waals surface area contributed by atoms with Crippen LogP contribution in [-0.2, 0) is 9.53 Å². The molecule has 0 aromatic carbocycles. The molecule has 0 aromatic rings. The molecule has 0 aliphatic heterocycles. The maximum Gasteiger partial charge on any atom is 0.148 e. The first-order valence-electron chi connectivity index (χ1n) is 5.24. The van der Waals surface area contributed by atoms with Crippen LogP contribution in [0.4, 0.5) is 0 Å². The Morgan fingerprint density at radius 2 is 2.43 bits per heavy atom. The number of hydrogen-bond donors (Lipinski definition) is 0. The lowest BCUT2D eigenvalue weighted by atomic mass is 10.0. The standard InChI is InChI=1S/C12H18O2/c1-3-12(9-13)14-10(2)11-7-5-4-6-8-11/h4-5,7,9-10,12H,3,6,8H2,1-2H3. The van der Waals surface area contributed by atoms with Crippen LogP contribution < -0.4 is 0 Å². The smallest absolute Gasteiger partial charge is 0.148 e. The van der Waals surface area contributed by atoms with E-state index in [9.17, 15) is 4.79 Å². The Hall–Kier alpha value is -0.890. The lowest BCUT2D eigenvalue weighted by Gasteiger charge is -2.20. The highest BCUT2D eigenvalue weighted by Crippen LogP contribution is 2.19. The van der Waals surface area contributed by atoms with Gasteiger partial charge in [0.05, 0.1) is 6.10 Å². The number of aldehydes is 1. The third-order valence-corrected chi connectivity index (χ3v) is 2.50. The molecule has 0 heterocycles. The van der Waals surface area contributed by atoms with Crippen molar-refractivity contribution in [1.29, 1.82) is 0 Å². The monoisotopic (exact) mass is 194 g/mol. The largest absolute Gasteiger partial charge is 0.363 e. The summed E-state index contributed by atoms with van der Waals surface area (Å²) in [6, 6.07) is 0. The Bertz CT molecular complexity index is 241. The van der Waals surface area contributed by atoms with Gasteiger partial charge in [0.15, 0.2) is 0 Å². The van der Waals surface area contributed by atoms with Crippen LogP contribution in [0.5, 0.6) is 0 Å². The molecule has 0 radical (unpaired) electrons. The van der Waals surface area contributed by atoms with E-state index in [4.69, 9.17) is 4.74 Å². The average Bonchev–Trinajstić information content (AvgIpc) is 2.26. The summed E-state index contributed by atoms with van der Waals surface area (Å²) in [5.41, 5.74) is 1.28. The van der Waals surface area contributed by atoms with Crippen LogP contribution >= 0.6 is 0 Å². The van der Waals surface area contributed by atoms with E-state index in [1.807, 2.05) is 13.8 Å². The van der Waals surface area contributed by atoms with E-state index < -0.39 is 0 Å². The minimum Gasteiger partial charge on any atom is -0.363 e. The van der Waals surface area contributed by atoms with Crippen molar-refractivity contribution < 1.29 is 9.53 Å². The lowest BCUT2D eigenvalue weighted by Crippen LogP contribution is -2.22. The second-order valence-corrected chi connectivity index (χ2v) is 3.57. The summed E-state index contributed by atoms with van der Waals surface area (Å²) >= 11 is 0. The minimum absolute atomic E-state index is 0.0649. The van der Waals surface area contributed by atoms with E-state index in [2.05, 4.69) is 18.2 Å². The van der Waals surface area contributed by atoms with Gasteiger partial charge in [-0.3, -0.25) is 0 Å². The molecule has 78 valence electrons. The fourth-order valence-electron chi connectivity index (χ4n) is 1.53. The third-order valence-electron chi connectivity index (χ3n) is 2.50. The highest BCUT2D eigenvalue weighted by molar-refractivity contribution is 5.55. The van der Waals surface area contributed by atoms with Crippen LogP contribution in [0.1, 0.15) is 33.1 Å². The zero-order valence-corrected chi connectivity index (χ0v) is 8.90. The molecule has 0 amide bonds. The third kappa shape index (κ3) is 3.11. The summed E-state index contributed by atoms with van der Waals surface area (Å²) in [4.78, 5) is 10.6. The zero-order valence-electron chi connectivity index (χ0n) is 8.90. The minimum atomic E-state index is -0.253.